The quantitative estimate of drug-likeness (QED) is 0.641. The summed E-state index contributed by atoms with van der Waals surface area (Å²) < 4.78 is 6.68. The Hall–Kier alpha value is -3.08. The predicted octanol–water partition coefficient (Wildman–Crippen LogP) is 3.32. The minimum atomic E-state index is -0.325. The van der Waals surface area contributed by atoms with Crippen molar-refractivity contribution in [2.24, 2.45) is 0 Å². The van der Waals surface area contributed by atoms with Gasteiger partial charge in [-0.05, 0) is 17.7 Å². The molecule has 0 aliphatic carbocycles. The first kappa shape index (κ1) is 17.7. The lowest BCUT2D eigenvalue weighted by Crippen LogP contribution is -2.31. The number of benzene rings is 2. The summed E-state index contributed by atoms with van der Waals surface area (Å²) in [5, 5.41) is 1.02. The zero-order valence-corrected chi connectivity index (χ0v) is 15.0. The van der Waals surface area contributed by atoms with Crippen molar-refractivity contribution >= 4 is 22.8 Å². The Labute approximate surface area is 152 Å². The van der Waals surface area contributed by atoms with Gasteiger partial charge in [-0.25, -0.2) is 0 Å². The summed E-state index contributed by atoms with van der Waals surface area (Å²) in [7, 11) is 3.05. The van der Waals surface area contributed by atoms with Gasteiger partial charge in [0.1, 0.15) is 5.69 Å². The zero-order valence-electron chi connectivity index (χ0n) is 15.0. The van der Waals surface area contributed by atoms with Gasteiger partial charge in [-0.2, -0.15) is 0 Å². The van der Waals surface area contributed by atoms with Gasteiger partial charge in [0.05, 0.1) is 13.5 Å². The predicted molar refractivity (Wildman–Crippen MR) is 101 cm³/mol. The maximum Gasteiger partial charge on any atom is 0.307 e. The number of hydrogen-bond acceptors (Lipinski definition) is 3. The molecular weight excluding hydrogens is 328 g/mol. The van der Waals surface area contributed by atoms with Crippen molar-refractivity contribution in [3.8, 4) is 0 Å². The lowest BCUT2D eigenvalue weighted by Gasteiger charge is -2.18. The van der Waals surface area contributed by atoms with Gasteiger partial charge in [-0.15, -0.1) is 0 Å². The average Bonchev–Trinajstić information content (AvgIpc) is 3.04. The standard InChI is InChI=1S/C21H22N2O3/c1-22(13-12-20(24)26-2)21(25)19-14-17-10-6-7-11-18(17)23(19)15-16-8-4-3-5-9-16/h3-11,14H,12-13,15H2,1-2H3. The molecule has 0 fully saturated rings. The zero-order chi connectivity index (χ0) is 18.5. The Morgan fingerprint density at radius 1 is 1.04 bits per heavy atom. The van der Waals surface area contributed by atoms with E-state index >= 15 is 0 Å². The summed E-state index contributed by atoms with van der Waals surface area (Å²) in [6, 6.07) is 19.9. The Bertz CT molecular complexity index is 915. The van der Waals surface area contributed by atoms with Crippen LogP contribution in [0.25, 0.3) is 10.9 Å². The Morgan fingerprint density at radius 3 is 2.46 bits per heavy atom. The highest BCUT2D eigenvalue weighted by molar-refractivity contribution is 5.98. The second-order valence-electron chi connectivity index (χ2n) is 6.21. The van der Waals surface area contributed by atoms with Crippen molar-refractivity contribution in [1.29, 1.82) is 0 Å². The molecular formula is C21H22N2O3. The first-order chi connectivity index (χ1) is 12.6. The molecule has 5 heteroatoms. The number of nitrogens with zero attached hydrogens (tertiary/aromatic N) is 2. The van der Waals surface area contributed by atoms with Crippen LogP contribution in [0, 0.1) is 0 Å². The van der Waals surface area contributed by atoms with E-state index in [0.717, 1.165) is 16.5 Å². The SMILES string of the molecule is COC(=O)CCN(C)C(=O)c1cc2ccccc2n1Cc1ccccc1. The average molecular weight is 350 g/mol. The molecule has 0 atom stereocenters. The molecule has 0 unspecified atom stereocenters. The highest BCUT2D eigenvalue weighted by atomic mass is 16.5. The topological polar surface area (TPSA) is 51.5 Å². The van der Waals surface area contributed by atoms with E-state index in [1.165, 1.54) is 7.11 Å². The van der Waals surface area contributed by atoms with Crippen LogP contribution >= 0.6 is 0 Å². The maximum absolute atomic E-state index is 13.0. The van der Waals surface area contributed by atoms with E-state index in [2.05, 4.69) is 4.74 Å². The molecule has 2 aromatic carbocycles. The minimum absolute atomic E-state index is 0.110. The molecule has 0 bridgehead atoms. The van der Waals surface area contributed by atoms with Gasteiger partial charge in [-0.1, -0.05) is 48.5 Å². The second kappa shape index (κ2) is 7.87. The fourth-order valence-electron chi connectivity index (χ4n) is 2.98. The fraction of sp³-hybridized carbons (Fsp3) is 0.238. The monoisotopic (exact) mass is 350 g/mol. The first-order valence-corrected chi connectivity index (χ1v) is 8.54. The molecule has 26 heavy (non-hydrogen) atoms. The smallest absolute Gasteiger partial charge is 0.307 e. The van der Waals surface area contributed by atoms with Crippen molar-refractivity contribution in [2.75, 3.05) is 20.7 Å². The van der Waals surface area contributed by atoms with Gasteiger partial charge < -0.3 is 14.2 Å². The van der Waals surface area contributed by atoms with Crippen molar-refractivity contribution in [1.82, 2.24) is 9.47 Å². The van der Waals surface area contributed by atoms with Gasteiger partial charge in [0, 0.05) is 31.0 Å². The summed E-state index contributed by atoms with van der Waals surface area (Å²) in [5.74, 6) is -0.435. The number of carbonyl (C=O) groups excluding carboxylic acids is 2. The van der Waals surface area contributed by atoms with Crippen LogP contribution in [0.3, 0.4) is 0 Å². The lowest BCUT2D eigenvalue weighted by molar-refractivity contribution is -0.140. The molecule has 1 heterocycles. The third-order valence-corrected chi connectivity index (χ3v) is 4.44. The number of amides is 1. The molecule has 0 radical (unpaired) electrons. The molecule has 3 rings (SSSR count). The fourth-order valence-corrected chi connectivity index (χ4v) is 2.98. The van der Waals surface area contributed by atoms with Crippen LogP contribution in [0.15, 0.2) is 60.7 Å². The van der Waals surface area contributed by atoms with Crippen LogP contribution in [0.5, 0.6) is 0 Å². The van der Waals surface area contributed by atoms with Gasteiger partial charge in [0.15, 0.2) is 0 Å². The number of para-hydroxylation sites is 1. The normalized spacial score (nSPS) is 10.7. The summed E-state index contributed by atoms with van der Waals surface area (Å²) in [5.41, 5.74) is 2.75. The summed E-state index contributed by atoms with van der Waals surface area (Å²) in [6.07, 6.45) is 0.178. The number of carbonyl (C=O) groups is 2. The van der Waals surface area contributed by atoms with E-state index in [1.807, 2.05) is 65.2 Å². The molecule has 134 valence electrons. The van der Waals surface area contributed by atoms with Crippen LogP contribution in [0.2, 0.25) is 0 Å². The van der Waals surface area contributed by atoms with Crippen molar-refractivity contribution in [3.63, 3.8) is 0 Å². The number of rotatable bonds is 6. The molecule has 0 saturated heterocycles. The Kier molecular flexibility index (Phi) is 5.37. The van der Waals surface area contributed by atoms with Crippen LogP contribution in [-0.4, -0.2) is 42.0 Å². The highest BCUT2D eigenvalue weighted by Crippen LogP contribution is 2.22. The van der Waals surface area contributed by atoms with Crippen molar-refractivity contribution in [3.05, 3.63) is 71.9 Å². The van der Waals surface area contributed by atoms with Gasteiger partial charge in [0.2, 0.25) is 0 Å². The second-order valence-corrected chi connectivity index (χ2v) is 6.21. The van der Waals surface area contributed by atoms with Crippen molar-refractivity contribution in [2.45, 2.75) is 13.0 Å². The number of fused-ring (bicyclic) bond motifs is 1. The van der Waals surface area contributed by atoms with E-state index in [9.17, 15) is 9.59 Å². The molecule has 0 saturated carbocycles. The van der Waals surface area contributed by atoms with Crippen LogP contribution < -0.4 is 0 Å². The summed E-state index contributed by atoms with van der Waals surface area (Å²) in [6.45, 7) is 0.929. The van der Waals surface area contributed by atoms with E-state index in [1.54, 1.807) is 11.9 Å². The number of methoxy groups -OCH3 is 1. The van der Waals surface area contributed by atoms with E-state index in [-0.39, 0.29) is 18.3 Å². The van der Waals surface area contributed by atoms with Gasteiger partial charge >= 0.3 is 5.97 Å². The largest absolute Gasteiger partial charge is 0.469 e. The van der Waals surface area contributed by atoms with Crippen LogP contribution in [0.1, 0.15) is 22.5 Å². The van der Waals surface area contributed by atoms with E-state index in [0.29, 0.717) is 18.8 Å². The lowest BCUT2D eigenvalue weighted by atomic mass is 10.2. The molecule has 0 spiro atoms. The Balaban J connectivity index is 1.93. The third-order valence-electron chi connectivity index (χ3n) is 4.44. The molecule has 1 amide bonds. The van der Waals surface area contributed by atoms with Crippen LogP contribution in [-0.2, 0) is 16.1 Å². The summed E-state index contributed by atoms with van der Waals surface area (Å²) >= 11 is 0. The number of ether oxygens (including phenoxy) is 1. The minimum Gasteiger partial charge on any atom is -0.469 e. The van der Waals surface area contributed by atoms with Crippen molar-refractivity contribution < 1.29 is 14.3 Å². The van der Waals surface area contributed by atoms with E-state index < -0.39 is 0 Å². The molecule has 0 aliphatic rings. The van der Waals surface area contributed by atoms with Gasteiger partial charge in [-0.3, -0.25) is 9.59 Å². The van der Waals surface area contributed by atoms with E-state index in [4.69, 9.17) is 0 Å². The molecule has 0 N–H and O–H groups in total. The third kappa shape index (κ3) is 3.77. The molecule has 5 nitrogen and oxygen atoms in total. The highest BCUT2D eigenvalue weighted by Gasteiger charge is 2.19. The Morgan fingerprint density at radius 2 is 1.73 bits per heavy atom. The first-order valence-electron chi connectivity index (χ1n) is 8.54. The number of aromatic nitrogens is 1. The molecule has 0 aliphatic heterocycles. The molecule has 1 aromatic heterocycles. The van der Waals surface area contributed by atoms with Gasteiger partial charge in [0.25, 0.3) is 5.91 Å². The summed E-state index contributed by atoms with van der Waals surface area (Å²) in [4.78, 5) is 25.9. The maximum atomic E-state index is 13.0. The van der Waals surface area contributed by atoms with Crippen LogP contribution in [0.4, 0.5) is 0 Å². The number of esters is 1. The number of hydrogen-bond donors (Lipinski definition) is 0. The molecule has 3 aromatic rings.